The maximum atomic E-state index is 12.3. The van der Waals surface area contributed by atoms with Crippen LogP contribution in [0, 0.1) is 0 Å². The molecular formula is C16H23NOS. The molecule has 0 aromatic heterocycles. The number of benzene rings is 1. The largest absolute Gasteiger partial charge is 0.339 e. The van der Waals surface area contributed by atoms with Crippen LogP contribution < -0.4 is 0 Å². The lowest BCUT2D eigenvalue weighted by Gasteiger charge is -2.26. The molecule has 104 valence electrons. The van der Waals surface area contributed by atoms with E-state index in [4.69, 9.17) is 0 Å². The zero-order valence-corrected chi connectivity index (χ0v) is 12.9. The van der Waals surface area contributed by atoms with E-state index in [1.54, 1.807) is 0 Å². The molecule has 3 heteroatoms. The van der Waals surface area contributed by atoms with Crippen LogP contribution in [0.25, 0.3) is 0 Å². The second-order valence-electron chi connectivity index (χ2n) is 6.09. The number of rotatable bonds is 2. The molecule has 1 aromatic rings. The van der Waals surface area contributed by atoms with E-state index < -0.39 is 0 Å². The molecule has 0 radical (unpaired) electrons. The standard InChI is InChI=1S/C16H23NOS/c1-16(2,3)19-14-9-7-13(8-10-14)15(18)17-11-5-4-6-12-17/h7-10H,4-6,11-12H2,1-3H3. The van der Waals surface area contributed by atoms with Crippen molar-refractivity contribution in [3.8, 4) is 0 Å². The van der Waals surface area contributed by atoms with Crippen LogP contribution >= 0.6 is 11.8 Å². The fourth-order valence-corrected chi connectivity index (χ4v) is 3.28. The molecule has 1 aliphatic heterocycles. The van der Waals surface area contributed by atoms with E-state index in [9.17, 15) is 4.79 Å². The molecular weight excluding hydrogens is 254 g/mol. The highest BCUT2D eigenvalue weighted by molar-refractivity contribution is 8.00. The molecule has 1 heterocycles. The Hall–Kier alpha value is -0.960. The van der Waals surface area contributed by atoms with Gasteiger partial charge in [-0.3, -0.25) is 4.79 Å². The van der Waals surface area contributed by atoms with Gasteiger partial charge in [0.1, 0.15) is 0 Å². The lowest BCUT2D eigenvalue weighted by Crippen LogP contribution is -2.35. The predicted molar refractivity (Wildman–Crippen MR) is 81.8 cm³/mol. The molecule has 0 aliphatic carbocycles. The summed E-state index contributed by atoms with van der Waals surface area (Å²) >= 11 is 1.83. The van der Waals surface area contributed by atoms with E-state index in [1.807, 2.05) is 28.8 Å². The lowest BCUT2D eigenvalue weighted by atomic mass is 10.1. The Bertz CT molecular complexity index is 427. The molecule has 1 fully saturated rings. The summed E-state index contributed by atoms with van der Waals surface area (Å²) in [6, 6.07) is 8.05. The van der Waals surface area contributed by atoms with E-state index >= 15 is 0 Å². The monoisotopic (exact) mass is 277 g/mol. The van der Waals surface area contributed by atoms with Gasteiger partial charge in [-0.25, -0.2) is 0 Å². The molecule has 0 bridgehead atoms. The maximum Gasteiger partial charge on any atom is 0.253 e. The quantitative estimate of drug-likeness (QED) is 0.755. The molecule has 0 unspecified atom stereocenters. The number of nitrogens with zero attached hydrogens (tertiary/aromatic N) is 1. The van der Waals surface area contributed by atoms with E-state index in [2.05, 4.69) is 32.9 Å². The van der Waals surface area contributed by atoms with Crippen molar-refractivity contribution in [1.29, 1.82) is 0 Å². The van der Waals surface area contributed by atoms with E-state index in [-0.39, 0.29) is 10.7 Å². The van der Waals surface area contributed by atoms with Crippen molar-refractivity contribution in [2.45, 2.75) is 49.7 Å². The Kier molecular flexibility index (Phi) is 4.56. The van der Waals surface area contributed by atoms with Crippen LogP contribution in [-0.2, 0) is 0 Å². The lowest BCUT2D eigenvalue weighted by molar-refractivity contribution is 0.0724. The van der Waals surface area contributed by atoms with Crippen LogP contribution in [0.5, 0.6) is 0 Å². The van der Waals surface area contributed by atoms with Gasteiger partial charge >= 0.3 is 0 Å². The van der Waals surface area contributed by atoms with E-state index in [0.717, 1.165) is 31.5 Å². The van der Waals surface area contributed by atoms with Gasteiger partial charge in [0.05, 0.1) is 0 Å². The average Bonchev–Trinajstić information content (AvgIpc) is 2.38. The summed E-state index contributed by atoms with van der Waals surface area (Å²) in [5.74, 6) is 0.187. The van der Waals surface area contributed by atoms with E-state index in [0.29, 0.717) is 0 Å². The van der Waals surface area contributed by atoms with Crippen LogP contribution in [0.1, 0.15) is 50.4 Å². The van der Waals surface area contributed by atoms with Gasteiger partial charge < -0.3 is 4.90 Å². The first-order valence-electron chi connectivity index (χ1n) is 7.04. The summed E-state index contributed by atoms with van der Waals surface area (Å²) < 4.78 is 0.207. The number of piperidine rings is 1. The summed E-state index contributed by atoms with van der Waals surface area (Å²) in [4.78, 5) is 15.5. The minimum Gasteiger partial charge on any atom is -0.339 e. The summed E-state index contributed by atoms with van der Waals surface area (Å²) in [7, 11) is 0. The zero-order chi connectivity index (χ0) is 13.9. The third kappa shape index (κ3) is 4.27. The maximum absolute atomic E-state index is 12.3. The van der Waals surface area contributed by atoms with Gasteiger partial charge in [-0.15, -0.1) is 11.8 Å². The molecule has 0 atom stereocenters. The number of carbonyl (C=O) groups excluding carboxylic acids is 1. The van der Waals surface area contributed by atoms with Crippen molar-refractivity contribution in [2.75, 3.05) is 13.1 Å². The minimum atomic E-state index is 0.187. The number of hydrogen-bond acceptors (Lipinski definition) is 2. The molecule has 0 N–H and O–H groups in total. The van der Waals surface area contributed by atoms with Gasteiger partial charge in [0.2, 0.25) is 0 Å². The summed E-state index contributed by atoms with van der Waals surface area (Å²) in [6.45, 7) is 8.42. The fraction of sp³-hybridized carbons (Fsp3) is 0.562. The number of carbonyl (C=O) groups is 1. The third-order valence-electron chi connectivity index (χ3n) is 3.17. The average molecular weight is 277 g/mol. The predicted octanol–water partition coefficient (Wildman–Crippen LogP) is 4.20. The Balaban J connectivity index is 2.03. The Morgan fingerprint density at radius 3 is 2.16 bits per heavy atom. The molecule has 1 aliphatic rings. The zero-order valence-electron chi connectivity index (χ0n) is 12.1. The Morgan fingerprint density at radius 1 is 1.05 bits per heavy atom. The van der Waals surface area contributed by atoms with Crippen LogP contribution in [0.3, 0.4) is 0 Å². The normalized spacial score (nSPS) is 16.5. The van der Waals surface area contributed by atoms with Crippen LogP contribution in [0.15, 0.2) is 29.2 Å². The van der Waals surface area contributed by atoms with Gasteiger partial charge in [0, 0.05) is 28.3 Å². The van der Waals surface area contributed by atoms with Crippen molar-refractivity contribution < 1.29 is 4.79 Å². The van der Waals surface area contributed by atoms with Crippen molar-refractivity contribution in [2.24, 2.45) is 0 Å². The molecule has 2 rings (SSSR count). The number of amides is 1. The van der Waals surface area contributed by atoms with Gasteiger partial charge in [-0.1, -0.05) is 20.8 Å². The highest BCUT2D eigenvalue weighted by atomic mass is 32.2. The SMILES string of the molecule is CC(C)(C)Sc1ccc(C(=O)N2CCCCC2)cc1. The molecule has 2 nitrogen and oxygen atoms in total. The topological polar surface area (TPSA) is 20.3 Å². The molecule has 1 aromatic carbocycles. The number of likely N-dealkylation sites (tertiary alicyclic amines) is 1. The molecule has 19 heavy (non-hydrogen) atoms. The van der Waals surface area contributed by atoms with Gasteiger partial charge in [-0.2, -0.15) is 0 Å². The molecule has 1 amide bonds. The first-order valence-corrected chi connectivity index (χ1v) is 7.86. The highest BCUT2D eigenvalue weighted by Gasteiger charge is 2.18. The van der Waals surface area contributed by atoms with E-state index in [1.165, 1.54) is 11.3 Å². The van der Waals surface area contributed by atoms with Crippen molar-refractivity contribution in [1.82, 2.24) is 4.90 Å². The van der Waals surface area contributed by atoms with Gasteiger partial charge in [0.25, 0.3) is 5.91 Å². The van der Waals surface area contributed by atoms with Gasteiger partial charge in [0.15, 0.2) is 0 Å². The second kappa shape index (κ2) is 6.00. The van der Waals surface area contributed by atoms with Gasteiger partial charge in [-0.05, 0) is 43.5 Å². The van der Waals surface area contributed by atoms with Crippen LogP contribution in [0.2, 0.25) is 0 Å². The fourth-order valence-electron chi connectivity index (χ4n) is 2.30. The molecule has 0 saturated carbocycles. The molecule has 0 spiro atoms. The molecule has 1 saturated heterocycles. The number of thioether (sulfide) groups is 1. The smallest absolute Gasteiger partial charge is 0.253 e. The van der Waals surface area contributed by atoms with Crippen LogP contribution in [0.4, 0.5) is 0 Å². The summed E-state index contributed by atoms with van der Waals surface area (Å²) in [5, 5.41) is 0. The first kappa shape index (κ1) is 14.4. The summed E-state index contributed by atoms with van der Waals surface area (Å²) in [5.41, 5.74) is 0.820. The van der Waals surface area contributed by atoms with Crippen molar-refractivity contribution >= 4 is 17.7 Å². The van der Waals surface area contributed by atoms with Crippen molar-refractivity contribution in [3.63, 3.8) is 0 Å². The third-order valence-corrected chi connectivity index (χ3v) is 4.29. The Morgan fingerprint density at radius 2 is 1.63 bits per heavy atom. The first-order chi connectivity index (χ1) is 8.96. The van der Waals surface area contributed by atoms with Crippen LogP contribution in [-0.4, -0.2) is 28.6 Å². The summed E-state index contributed by atoms with van der Waals surface area (Å²) in [6.07, 6.45) is 3.54. The Labute approximate surface area is 120 Å². The minimum absolute atomic E-state index is 0.187. The number of hydrogen-bond donors (Lipinski definition) is 0. The van der Waals surface area contributed by atoms with Crippen molar-refractivity contribution in [3.05, 3.63) is 29.8 Å². The highest BCUT2D eigenvalue weighted by Crippen LogP contribution is 2.31. The second-order valence-corrected chi connectivity index (χ2v) is 7.99.